The number of anilines is 1. The van der Waals surface area contributed by atoms with Crippen LogP contribution in [-0.2, 0) is 0 Å². The molecule has 1 fully saturated rings. The van der Waals surface area contributed by atoms with E-state index in [2.05, 4.69) is 17.1 Å². The van der Waals surface area contributed by atoms with Gasteiger partial charge in [-0.05, 0) is 43.5 Å². The maximum Gasteiger partial charge on any atom is 0.125 e. The summed E-state index contributed by atoms with van der Waals surface area (Å²) in [5.74, 6) is 0.737. The average Bonchev–Trinajstić information content (AvgIpc) is 2.31. The topological polar surface area (TPSA) is 15.3 Å². The minimum absolute atomic E-state index is 0.179. The van der Waals surface area contributed by atoms with E-state index in [1.54, 1.807) is 12.1 Å². The second kappa shape index (κ2) is 6.74. The summed E-state index contributed by atoms with van der Waals surface area (Å²) in [5, 5.41) is 3.28. The second-order valence-electron chi connectivity index (χ2n) is 5.13. The van der Waals surface area contributed by atoms with Crippen molar-refractivity contribution in [2.24, 2.45) is 5.92 Å². The highest BCUT2D eigenvalue weighted by molar-refractivity contribution is 5.42. The molecule has 1 aromatic carbocycles. The zero-order valence-corrected chi connectivity index (χ0v) is 11.2. The Balaban J connectivity index is 1.69. The lowest BCUT2D eigenvalue weighted by Gasteiger charge is -2.31. The van der Waals surface area contributed by atoms with Crippen LogP contribution in [0.25, 0.3) is 0 Å². The van der Waals surface area contributed by atoms with Gasteiger partial charge in [0.1, 0.15) is 5.82 Å². The molecular weight excluding hydrogens is 227 g/mol. The molecule has 1 N–H and O–H groups in total. The van der Waals surface area contributed by atoms with Gasteiger partial charge in [-0.1, -0.05) is 19.4 Å². The first-order chi connectivity index (χ1) is 8.78. The molecule has 0 bridgehead atoms. The van der Waals surface area contributed by atoms with Crippen LogP contribution in [0.15, 0.2) is 24.3 Å². The number of likely N-dealkylation sites (N-methyl/N-ethyl adjacent to an activating group) is 1. The van der Waals surface area contributed by atoms with E-state index in [0.29, 0.717) is 0 Å². The number of hydrogen-bond donors (Lipinski definition) is 1. The van der Waals surface area contributed by atoms with Gasteiger partial charge in [-0.2, -0.15) is 0 Å². The Bertz CT molecular complexity index is 363. The van der Waals surface area contributed by atoms with Gasteiger partial charge in [0.15, 0.2) is 0 Å². The van der Waals surface area contributed by atoms with E-state index in [1.165, 1.54) is 31.9 Å². The molecule has 100 valence electrons. The van der Waals surface area contributed by atoms with Crippen LogP contribution in [0.5, 0.6) is 0 Å². The van der Waals surface area contributed by atoms with Gasteiger partial charge < -0.3 is 10.2 Å². The normalized spacial score (nSPS) is 15.7. The van der Waals surface area contributed by atoms with Crippen molar-refractivity contribution < 1.29 is 4.39 Å². The fourth-order valence-corrected chi connectivity index (χ4v) is 2.38. The first-order valence-corrected chi connectivity index (χ1v) is 6.99. The molecule has 0 amide bonds. The summed E-state index contributed by atoms with van der Waals surface area (Å²) in [6.45, 7) is 6.44. The van der Waals surface area contributed by atoms with Crippen molar-refractivity contribution in [3.63, 3.8) is 0 Å². The van der Waals surface area contributed by atoms with Crippen LogP contribution in [-0.4, -0.2) is 31.1 Å². The molecular formula is C15H23FN2. The molecule has 3 heteroatoms. The number of hydrogen-bond acceptors (Lipinski definition) is 2. The molecule has 0 unspecified atom stereocenters. The number of benzene rings is 1. The predicted molar refractivity (Wildman–Crippen MR) is 74.3 cm³/mol. The Morgan fingerprint density at radius 3 is 2.83 bits per heavy atom. The largest absolute Gasteiger partial charge is 0.384 e. The summed E-state index contributed by atoms with van der Waals surface area (Å²) < 4.78 is 13.0. The van der Waals surface area contributed by atoms with Gasteiger partial charge >= 0.3 is 0 Å². The Hall–Kier alpha value is -1.09. The Kier molecular flexibility index (Phi) is 5.00. The SMILES string of the molecule is CCN(CCNc1cccc(F)c1)CC1CCC1. The molecule has 0 saturated heterocycles. The van der Waals surface area contributed by atoms with Gasteiger partial charge in [0, 0.05) is 25.3 Å². The summed E-state index contributed by atoms with van der Waals surface area (Å²) in [7, 11) is 0. The quantitative estimate of drug-likeness (QED) is 0.798. The van der Waals surface area contributed by atoms with Crippen molar-refractivity contribution in [3.8, 4) is 0 Å². The van der Waals surface area contributed by atoms with Crippen molar-refractivity contribution in [1.29, 1.82) is 0 Å². The van der Waals surface area contributed by atoms with Crippen LogP contribution in [0, 0.1) is 11.7 Å². The monoisotopic (exact) mass is 250 g/mol. The maximum atomic E-state index is 13.0. The number of nitrogens with zero attached hydrogens (tertiary/aromatic N) is 1. The van der Waals surface area contributed by atoms with E-state index in [1.807, 2.05) is 6.07 Å². The van der Waals surface area contributed by atoms with Crippen LogP contribution in [0.3, 0.4) is 0 Å². The Labute approximate surface area is 109 Å². The molecule has 1 saturated carbocycles. The highest BCUT2D eigenvalue weighted by Gasteiger charge is 2.19. The second-order valence-corrected chi connectivity index (χ2v) is 5.13. The summed E-state index contributed by atoms with van der Waals surface area (Å²) in [6, 6.07) is 6.66. The fourth-order valence-electron chi connectivity index (χ4n) is 2.38. The number of rotatable bonds is 7. The lowest BCUT2D eigenvalue weighted by Crippen LogP contribution is -2.35. The number of halogens is 1. The first kappa shape index (κ1) is 13.3. The molecule has 1 aliphatic carbocycles. The van der Waals surface area contributed by atoms with E-state index >= 15 is 0 Å². The summed E-state index contributed by atoms with van der Waals surface area (Å²) in [6.07, 6.45) is 4.20. The maximum absolute atomic E-state index is 13.0. The van der Waals surface area contributed by atoms with E-state index < -0.39 is 0 Å². The molecule has 0 aliphatic heterocycles. The molecule has 0 spiro atoms. The van der Waals surface area contributed by atoms with Crippen molar-refractivity contribution in [3.05, 3.63) is 30.1 Å². The molecule has 0 heterocycles. The minimum Gasteiger partial charge on any atom is -0.384 e. The average molecular weight is 250 g/mol. The zero-order valence-electron chi connectivity index (χ0n) is 11.2. The molecule has 0 atom stereocenters. The van der Waals surface area contributed by atoms with Gasteiger partial charge in [-0.15, -0.1) is 0 Å². The highest BCUT2D eigenvalue weighted by Crippen LogP contribution is 2.26. The van der Waals surface area contributed by atoms with E-state index in [0.717, 1.165) is 31.2 Å². The lowest BCUT2D eigenvalue weighted by molar-refractivity contribution is 0.189. The van der Waals surface area contributed by atoms with Crippen LogP contribution < -0.4 is 5.32 Å². The highest BCUT2D eigenvalue weighted by atomic mass is 19.1. The van der Waals surface area contributed by atoms with Gasteiger partial charge in [0.25, 0.3) is 0 Å². The molecule has 1 aromatic rings. The third-order valence-corrected chi connectivity index (χ3v) is 3.77. The van der Waals surface area contributed by atoms with E-state index in [4.69, 9.17) is 0 Å². The van der Waals surface area contributed by atoms with Crippen LogP contribution in [0.1, 0.15) is 26.2 Å². The smallest absolute Gasteiger partial charge is 0.125 e. The molecule has 2 rings (SSSR count). The summed E-state index contributed by atoms with van der Waals surface area (Å²) >= 11 is 0. The van der Waals surface area contributed by atoms with Gasteiger partial charge in [-0.25, -0.2) is 4.39 Å². The predicted octanol–water partition coefficient (Wildman–Crippen LogP) is 3.36. The van der Waals surface area contributed by atoms with Crippen LogP contribution >= 0.6 is 0 Å². The zero-order chi connectivity index (χ0) is 12.8. The van der Waals surface area contributed by atoms with E-state index in [9.17, 15) is 4.39 Å². The molecule has 1 aliphatic rings. The molecule has 18 heavy (non-hydrogen) atoms. The molecule has 2 nitrogen and oxygen atoms in total. The Morgan fingerprint density at radius 2 is 2.22 bits per heavy atom. The minimum atomic E-state index is -0.179. The van der Waals surface area contributed by atoms with Gasteiger partial charge in [-0.3, -0.25) is 0 Å². The molecule has 0 aromatic heterocycles. The van der Waals surface area contributed by atoms with Gasteiger partial charge in [0.05, 0.1) is 0 Å². The van der Waals surface area contributed by atoms with Crippen molar-refractivity contribution in [2.75, 3.05) is 31.5 Å². The Morgan fingerprint density at radius 1 is 1.39 bits per heavy atom. The van der Waals surface area contributed by atoms with E-state index in [-0.39, 0.29) is 5.82 Å². The third kappa shape index (κ3) is 3.98. The summed E-state index contributed by atoms with van der Waals surface area (Å²) in [4.78, 5) is 2.48. The van der Waals surface area contributed by atoms with Crippen molar-refractivity contribution in [2.45, 2.75) is 26.2 Å². The fraction of sp³-hybridized carbons (Fsp3) is 0.600. The first-order valence-electron chi connectivity index (χ1n) is 6.99. The third-order valence-electron chi connectivity index (χ3n) is 3.77. The summed E-state index contributed by atoms with van der Waals surface area (Å²) in [5.41, 5.74) is 0.870. The van der Waals surface area contributed by atoms with Gasteiger partial charge in [0.2, 0.25) is 0 Å². The number of nitrogens with one attached hydrogen (secondary N) is 1. The standard InChI is InChI=1S/C15H23FN2/c1-2-18(12-13-5-3-6-13)10-9-17-15-8-4-7-14(16)11-15/h4,7-8,11,13,17H,2-3,5-6,9-10,12H2,1H3. The van der Waals surface area contributed by atoms with Crippen LogP contribution in [0.4, 0.5) is 10.1 Å². The van der Waals surface area contributed by atoms with Crippen LogP contribution in [0.2, 0.25) is 0 Å². The van der Waals surface area contributed by atoms with Crippen molar-refractivity contribution in [1.82, 2.24) is 4.90 Å². The molecule has 0 radical (unpaired) electrons. The lowest BCUT2D eigenvalue weighted by atomic mass is 9.85. The van der Waals surface area contributed by atoms with Crippen molar-refractivity contribution >= 4 is 5.69 Å².